The van der Waals surface area contributed by atoms with Crippen LogP contribution in [0.4, 0.5) is 0 Å². The van der Waals surface area contributed by atoms with Crippen molar-refractivity contribution >= 4 is 17.2 Å². The first-order valence-electron chi connectivity index (χ1n) is 6.88. The molecule has 1 amide bonds. The van der Waals surface area contributed by atoms with Gasteiger partial charge in [-0.25, -0.2) is 0 Å². The predicted molar refractivity (Wildman–Crippen MR) is 80.2 cm³/mol. The number of ether oxygens (including phenoxy) is 1. The Hall–Kier alpha value is -1.39. The first-order valence-corrected chi connectivity index (χ1v) is 7.76. The van der Waals surface area contributed by atoms with Crippen LogP contribution < -0.4 is 0 Å². The van der Waals surface area contributed by atoms with Crippen molar-refractivity contribution in [2.75, 3.05) is 26.4 Å². The lowest BCUT2D eigenvalue weighted by atomic mass is 10.1. The number of carbonyl (C=O) groups is 1. The molecule has 0 spiro atoms. The summed E-state index contributed by atoms with van der Waals surface area (Å²) in [5.41, 5.74) is 0.692. The van der Waals surface area contributed by atoms with Gasteiger partial charge in [-0.3, -0.25) is 4.79 Å². The molecule has 1 aliphatic heterocycles. The zero-order chi connectivity index (χ0) is 15.2. The summed E-state index contributed by atoms with van der Waals surface area (Å²) < 4.78 is 5.45. The van der Waals surface area contributed by atoms with Crippen LogP contribution in [0.5, 0.6) is 0 Å². The van der Waals surface area contributed by atoms with Crippen LogP contribution in [0.2, 0.25) is 0 Å². The molecule has 5 nitrogen and oxygen atoms in total. The van der Waals surface area contributed by atoms with E-state index in [2.05, 4.69) is 11.8 Å². The number of hydrogen-bond donors (Lipinski definition) is 2. The minimum atomic E-state index is -0.325. The lowest BCUT2D eigenvalue weighted by Gasteiger charge is -2.37. The predicted octanol–water partition coefficient (Wildman–Crippen LogP) is 0.704. The molecular weight excluding hydrogens is 290 g/mol. The summed E-state index contributed by atoms with van der Waals surface area (Å²) in [6.45, 7) is 2.66. The lowest BCUT2D eigenvalue weighted by molar-refractivity contribution is -0.0666. The fraction of sp³-hybridized carbons (Fsp3) is 0.533. The maximum Gasteiger partial charge on any atom is 0.265 e. The van der Waals surface area contributed by atoms with Gasteiger partial charge in [0.05, 0.1) is 32.0 Å². The van der Waals surface area contributed by atoms with Crippen LogP contribution in [0, 0.1) is 11.8 Å². The summed E-state index contributed by atoms with van der Waals surface area (Å²) in [4.78, 5) is 15.0. The van der Waals surface area contributed by atoms with Crippen molar-refractivity contribution in [2.45, 2.75) is 25.5 Å². The van der Waals surface area contributed by atoms with Gasteiger partial charge in [-0.1, -0.05) is 11.8 Å². The Balaban J connectivity index is 2.16. The first kappa shape index (κ1) is 16.0. The highest BCUT2D eigenvalue weighted by Crippen LogP contribution is 2.22. The molecule has 2 unspecified atom stereocenters. The van der Waals surface area contributed by atoms with Crippen LogP contribution in [0.25, 0.3) is 0 Å². The van der Waals surface area contributed by atoms with Gasteiger partial charge >= 0.3 is 0 Å². The number of aliphatic hydroxyl groups excluding tert-OH is 2. The molecule has 2 rings (SSSR count). The van der Waals surface area contributed by atoms with Crippen LogP contribution in [-0.4, -0.2) is 59.5 Å². The number of amides is 1. The van der Waals surface area contributed by atoms with E-state index < -0.39 is 0 Å². The molecule has 0 aliphatic carbocycles. The van der Waals surface area contributed by atoms with Crippen molar-refractivity contribution in [3.05, 3.63) is 21.9 Å². The number of thiophene rings is 1. The maximum atomic E-state index is 12.7. The van der Waals surface area contributed by atoms with Gasteiger partial charge in [0.25, 0.3) is 5.91 Å². The molecule has 114 valence electrons. The smallest absolute Gasteiger partial charge is 0.265 e. The molecular formula is C15H19NO4S. The van der Waals surface area contributed by atoms with Gasteiger partial charge in [0.1, 0.15) is 4.88 Å². The summed E-state index contributed by atoms with van der Waals surface area (Å²) in [6.07, 6.45) is 0.0679. The molecule has 1 aromatic rings. The summed E-state index contributed by atoms with van der Waals surface area (Å²) in [7, 11) is 0. The quantitative estimate of drug-likeness (QED) is 0.807. The van der Waals surface area contributed by atoms with Gasteiger partial charge in [-0.2, -0.15) is 0 Å². The minimum absolute atomic E-state index is 0.0130. The van der Waals surface area contributed by atoms with Gasteiger partial charge in [-0.15, -0.1) is 11.3 Å². The molecule has 21 heavy (non-hydrogen) atoms. The summed E-state index contributed by atoms with van der Waals surface area (Å²) in [5, 5.41) is 19.8. The third kappa shape index (κ3) is 3.83. The molecule has 0 bridgehead atoms. The van der Waals surface area contributed by atoms with Gasteiger partial charge < -0.3 is 19.8 Å². The molecule has 2 atom stereocenters. The maximum absolute atomic E-state index is 12.7. The van der Waals surface area contributed by atoms with E-state index in [-0.39, 0.29) is 31.3 Å². The topological polar surface area (TPSA) is 70.0 Å². The second kappa shape index (κ2) is 7.57. The second-order valence-corrected chi connectivity index (χ2v) is 5.80. The van der Waals surface area contributed by atoms with Crippen LogP contribution in [0.3, 0.4) is 0 Å². The van der Waals surface area contributed by atoms with Gasteiger partial charge in [-0.05, 0) is 18.4 Å². The fourth-order valence-corrected chi connectivity index (χ4v) is 2.93. The van der Waals surface area contributed by atoms with E-state index in [1.807, 2.05) is 18.4 Å². The second-order valence-electron chi connectivity index (χ2n) is 4.88. The fourth-order valence-electron chi connectivity index (χ4n) is 2.13. The van der Waals surface area contributed by atoms with Gasteiger partial charge in [0.2, 0.25) is 0 Å². The SMILES string of the molecule is CC1COC(CO)CN1C(=O)c1sccc1C#CCCO. The van der Waals surface area contributed by atoms with Crippen molar-refractivity contribution in [1.29, 1.82) is 0 Å². The van der Waals surface area contributed by atoms with Crippen LogP contribution in [-0.2, 0) is 4.74 Å². The molecule has 1 aromatic heterocycles. The van der Waals surface area contributed by atoms with E-state index in [0.717, 1.165) is 0 Å². The summed E-state index contributed by atoms with van der Waals surface area (Å²) in [6, 6.07) is 1.79. The van der Waals surface area contributed by atoms with Crippen molar-refractivity contribution in [3.63, 3.8) is 0 Å². The minimum Gasteiger partial charge on any atom is -0.395 e. The van der Waals surface area contributed by atoms with E-state index in [4.69, 9.17) is 9.84 Å². The Kier molecular flexibility index (Phi) is 5.76. The molecule has 0 radical (unpaired) electrons. The Labute approximate surface area is 128 Å². The zero-order valence-electron chi connectivity index (χ0n) is 11.9. The highest BCUT2D eigenvalue weighted by molar-refractivity contribution is 7.12. The van der Waals surface area contributed by atoms with E-state index in [0.29, 0.717) is 30.0 Å². The Morgan fingerprint density at radius 2 is 2.38 bits per heavy atom. The molecule has 6 heteroatoms. The summed E-state index contributed by atoms with van der Waals surface area (Å²) in [5.74, 6) is 5.69. The number of hydrogen-bond acceptors (Lipinski definition) is 5. The van der Waals surface area contributed by atoms with E-state index >= 15 is 0 Å². The van der Waals surface area contributed by atoms with Crippen molar-refractivity contribution < 1.29 is 19.7 Å². The van der Waals surface area contributed by atoms with Crippen molar-refractivity contribution in [1.82, 2.24) is 4.90 Å². The van der Waals surface area contributed by atoms with E-state index in [9.17, 15) is 9.90 Å². The highest BCUT2D eigenvalue weighted by atomic mass is 32.1. The molecule has 2 N–H and O–H groups in total. The molecule has 1 aliphatic rings. The molecule has 2 heterocycles. The lowest BCUT2D eigenvalue weighted by Crippen LogP contribution is -2.52. The number of morpholine rings is 1. The zero-order valence-corrected chi connectivity index (χ0v) is 12.7. The highest BCUT2D eigenvalue weighted by Gasteiger charge is 2.31. The van der Waals surface area contributed by atoms with Gasteiger partial charge in [0, 0.05) is 18.5 Å². The molecule has 1 fully saturated rings. The number of carbonyl (C=O) groups excluding carboxylic acids is 1. The third-order valence-corrected chi connectivity index (χ3v) is 4.19. The monoisotopic (exact) mass is 309 g/mol. The van der Waals surface area contributed by atoms with Crippen LogP contribution in [0.1, 0.15) is 28.6 Å². The molecule has 0 aromatic carbocycles. The first-order chi connectivity index (χ1) is 10.2. The molecule has 0 saturated carbocycles. The number of nitrogens with zero attached hydrogens (tertiary/aromatic N) is 1. The van der Waals surface area contributed by atoms with E-state index in [1.54, 1.807) is 4.90 Å². The number of rotatable bonds is 3. The van der Waals surface area contributed by atoms with E-state index in [1.165, 1.54) is 11.3 Å². The Bertz CT molecular complexity index is 545. The van der Waals surface area contributed by atoms with Crippen LogP contribution >= 0.6 is 11.3 Å². The molecule has 1 saturated heterocycles. The average molecular weight is 309 g/mol. The largest absolute Gasteiger partial charge is 0.395 e. The third-order valence-electron chi connectivity index (χ3n) is 3.29. The Morgan fingerprint density at radius 3 is 3.10 bits per heavy atom. The standard InChI is InChI=1S/C15H19NO4S/c1-11-10-20-13(9-18)8-16(11)15(19)14-12(5-7-21-14)4-2-3-6-17/h5,7,11,13,17-18H,3,6,8-10H2,1H3. The van der Waals surface area contributed by atoms with Gasteiger partial charge in [0.15, 0.2) is 0 Å². The Morgan fingerprint density at radius 1 is 1.57 bits per heavy atom. The summed E-state index contributed by atoms with van der Waals surface area (Å²) >= 11 is 1.36. The van der Waals surface area contributed by atoms with Crippen molar-refractivity contribution in [3.8, 4) is 11.8 Å². The normalized spacial score (nSPS) is 21.8. The van der Waals surface area contributed by atoms with Crippen LogP contribution in [0.15, 0.2) is 11.4 Å². The number of aliphatic hydroxyl groups is 2. The average Bonchev–Trinajstić information content (AvgIpc) is 2.96. The van der Waals surface area contributed by atoms with Crippen molar-refractivity contribution in [2.24, 2.45) is 0 Å².